The smallest absolute Gasteiger partial charge is 0.0443 e. The van der Waals surface area contributed by atoms with E-state index in [0.717, 1.165) is 6.42 Å². The van der Waals surface area contributed by atoms with Crippen LogP contribution in [0.15, 0.2) is 28.9 Å². The third-order valence-electron chi connectivity index (χ3n) is 1.36. The summed E-state index contributed by atoms with van der Waals surface area (Å²) in [6.07, 6.45) is 6.91. The SMILES string of the molecule is CC=C(C=CCN=[N+]=[N-])CC. The van der Waals surface area contributed by atoms with Gasteiger partial charge in [0.2, 0.25) is 0 Å². The summed E-state index contributed by atoms with van der Waals surface area (Å²) in [6, 6.07) is 0. The van der Waals surface area contributed by atoms with Crippen molar-refractivity contribution < 1.29 is 0 Å². The minimum absolute atomic E-state index is 0.438. The highest BCUT2D eigenvalue weighted by molar-refractivity contribution is 5.17. The average molecular weight is 151 g/mol. The predicted octanol–water partition coefficient (Wildman–Crippen LogP) is 3.21. The molecule has 0 fully saturated rings. The zero-order valence-corrected chi connectivity index (χ0v) is 6.99. The molecular weight excluding hydrogens is 138 g/mol. The molecule has 11 heavy (non-hydrogen) atoms. The Hall–Kier alpha value is -1.21. The Morgan fingerprint density at radius 2 is 2.36 bits per heavy atom. The van der Waals surface area contributed by atoms with Crippen molar-refractivity contribution in [1.82, 2.24) is 0 Å². The van der Waals surface area contributed by atoms with Gasteiger partial charge in [0.05, 0.1) is 0 Å². The molecule has 0 heterocycles. The molecule has 0 aromatic heterocycles. The van der Waals surface area contributed by atoms with Crippen LogP contribution in [0.5, 0.6) is 0 Å². The molecule has 0 aliphatic rings. The second-order valence-corrected chi connectivity index (χ2v) is 2.03. The Balaban J connectivity index is 3.80. The van der Waals surface area contributed by atoms with Crippen molar-refractivity contribution in [2.24, 2.45) is 5.11 Å². The lowest BCUT2D eigenvalue weighted by Crippen LogP contribution is -1.74. The Labute approximate surface area is 67.0 Å². The van der Waals surface area contributed by atoms with E-state index in [1.807, 2.05) is 25.2 Å². The van der Waals surface area contributed by atoms with Crippen LogP contribution in [0.2, 0.25) is 0 Å². The van der Waals surface area contributed by atoms with E-state index < -0.39 is 0 Å². The van der Waals surface area contributed by atoms with Gasteiger partial charge in [0, 0.05) is 11.5 Å². The average Bonchev–Trinajstić information content (AvgIpc) is 2.05. The molecule has 0 amide bonds. The highest BCUT2D eigenvalue weighted by Gasteiger charge is 1.81. The van der Waals surface area contributed by atoms with E-state index in [2.05, 4.69) is 16.9 Å². The van der Waals surface area contributed by atoms with Crippen LogP contribution < -0.4 is 0 Å². The predicted molar refractivity (Wildman–Crippen MR) is 47.2 cm³/mol. The van der Waals surface area contributed by atoms with E-state index in [1.54, 1.807) is 0 Å². The van der Waals surface area contributed by atoms with Gasteiger partial charge in [0.15, 0.2) is 0 Å². The molecule has 0 aromatic rings. The molecule has 0 radical (unpaired) electrons. The fourth-order valence-electron chi connectivity index (χ4n) is 0.706. The molecular formula is C8H13N3. The van der Waals surface area contributed by atoms with Gasteiger partial charge in [-0.2, -0.15) is 0 Å². The molecule has 0 atom stereocenters. The van der Waals surface area contributed by atoms with Gasteiger partial charge < -0.3 is 0 Å². The number of rotatable bonds is 4. The van der Waals surface area contributed by atoms with Crippen molar-refractivity contribution >= 4 is 0 Å². The van der Waals surface area contributed by atoms with Gasteiger partial charge in [-0.25, -0.2) is 0 Å². The third kappa shape index (κ3) is 5.25. The maximum Gasteiger partial charge on any atom is 0.0443 e. The lowest BCUT2D eigenvalue weighted by Gasteiger charge is -1.91. The number of hydrogen-bond donors (Lipinski definition) is 0. The summed E-state index contributed by atoms with van der Waals surface area (Å²) < 4.78 is 0. The van der Waals surface area contributed by atoms with Gasteiger partial charge in [-0.1, -0.05) is 35.8 Å². The fourth-order valence-corrected chi connectivity index (χ4v) is 0.706. The lowest BCUT2D eigenvalue weighted by molar-refractivity contribution is 1.13. The molecule has 0 N–H and O–H groups in total. The Morgan fingerprint density at radius 1 is 1.64 bits per heavy atom. The first-order valence-electron chi connectivity index (χ1n) is 3.67. The number of nitrogens with zero attached hydrogens (tertiary/aromatic N) is 3. The van der Waals surface area contributed by atoms with Crippen LogP contribution in [-0.2, 0) is 0 Å². The fraction of sp³-hybridized carbons (Fsp3) is 0.500. The van der Waals surface area contributed by atoms with Gasteiger partial charge >= 0.3 is 0 Å². The summed E-state index contributed by atoms with van der Waals surface area (Å²) >= 11 is 0. The first-order valence-corrected chi connectivity index (χ1v) is 3.67. The molecule has 0 saturated heterocycles. The highest BCUT2D eigenvalue weighted by atomic mass is 15.1. The summed E-state index contributed by atoms with van der Waals surface area (Å²) in [5, 5.41) is 3.38. The zero-order chi connectivity index (χ0) is 8.53. The van der Waals surface area contributed by atoms with Crippen LogP contribution in [0.3, 0.4) is 0 Å². The van der Waals surface area contributed by atoms with E-state index >= 15 is 0 Å². The number of azide groups is 1. The van der Waals surface area contributed by atoms with Crippen molar-refractivity contribution in [3.8, 4) is 0 Å². The van der Waals surface area contributed by atoms with Gasteiger partial charge in [0.1, 0.15) is 0 Å². The molecule has 60 valence electrons. The Kier molecular flexibility index (Phi) is 6.14. The van der Waals surface area contributed by atoms with Crippen LogP contribution in [0, 0.1) is 0 Å². The molecule has 0 spiro atoms. The van der Waals surface area contributed by atoms with E-state index in [-0.39, 0.29) is 0 Å². The van der Waals surface area contributed by atoms with Crippen LogP contribution in [0.1, 0.15) is 20.3 Å². The Bertz CT molecular complexity index is 197. The monoisotopic (exact) mass is 151 g/mol. The standard InChI is InChI=1S/C8H13N3/c1-3-8(4-2)6-5-7-10-11-9/h3,5-6H,4,7H2,1-2H3. The van der Waals surface area contributed by atoms with Crippen LogP contribution in [0.4, 0.5) is 0 Å². The summed E-state index contributed by atoms with van der Waals surface area (Å²) in [5.41, 5.74) is 9.22. The van der Waals surface area contributed by atoms with Crippen molar-refractivity contribution in [3.63, 3.8) is 0 Å². The van der Waals surface area contributed by atoms with E-state index in [0.29, 0.717) is 6.54 Å². The molecule has 0 aromatic carbocycles. The summed E-state index contributed by atoms with van der Waals surface area (Å²) in [7, 11) is 0. The summed E-state index contributed by atoms with van der Waals surface area (Å²) in [5.74, 6) is 0. The van der Waals surface area contributed by atoms with Crippen LogP contribution in [-0.4, -0.2) is 6.54 Å². The molecule has 3 heteroatoms. The second-order valence-electron chi connectivity index (χ2n) is 2.03. The quantitative estimate of drug-likeness (QED) is 0.256. The number of allylic oxidation sites excluding steroid dienone is 3. The van der Waals surface area contributed by atoms with Crippen LogP contribution in [0.25, 0.3) is 10.4 Å². The largest absolute Gasteiger partial charge is 0.0899 e. The van der Waals surface area contributed by atoms with Crippen molar-refractivity contribution in [2.45, 2.75) is 20.3 Å². The maximum atomic E-state index is 7.96. The molecule has 0 aliphatic carbocycles. The molecule has 0 unspecified atom stereocenters. The van der Waals surface area contributed by atoms with E-state index in [4.69, 9.17) is 5.53 Å². The maximum absolute atomic E-state index is 7.96. The first kappa shape index (κ1) is 9.79. The minimum Gasteiger partial charge on any atom is -0.0899 e. The number of hydrogen-bond acceptors (Lipinski definition) is 1. The van der Waals surface area contributed by atoms with E-state index in [1.165, 1.54) is 5.57 Å². The molecule has 0 bridgehead atoms. The molecule has 3 nitrogen and oxygen atoms in total. The summed E-state index contributed by atoms with van der Waals surface area (Å²) in [6.45, 7) is 4.53. The van der Waals surface area contributed by atoms with Crippen molar-refractivity contribution in [1.29, 1.82) is 0 Å². The zero-order valence-electron chi connectivity index (χ0n) is 6.99. The van der Waals surface area contributed by atoms with Gasteiger partial charge in [0.25, 0.3) is 0 Å². The second kappa shape index (κ2) is 6.90. The van der Waals surface area contributed by atoms with Crippen molar-refractivity contribution in [2.75, 3.05) is 6.54 Å². The van der Waals surface area contributed by atoms with Gasteiger partial charge in [-0.05, 0) is 18.9 Å². The minimum atomic E-state index is 0.438. The van der Waals surface area contributed by atoms with E-state index in [9.17, 15) is 0 Å². The van der Waals surface area contributed by atoms with Crippen LogP contribution >= 0.6 is 0 Å². The third-order valence-corrected chi connectivity index (χ3v) is 1.36. The lowest BCUT2D eigenvalue weighted by atomic mass is 10.2. The van der Waals surface area contributed by atoms with Crippen molar-refractivity contribution in [3.05, 3.63) is 34.2 Å². The molecule has 0 saturated carbocycles. The topological polar surface area (TPSA) is 48.8 Å². The normalized spacial score (nSPS) is 11.6. The summed E-state index contributed by atoms with van der Waals surface area (Å²) in [4.78, 5) is 2.64. The molecule has 0 rings (SSSR count). The first-order chi connectivity index (χ1) is 5.35. The highest BCUT2D eigenvalue weighted by Crippen LogP contribution is 2.00. The van der Waals surface area contributed by atoms with Gasteiger partial charge in [-0.15, -0.1) is 0 Å². The van der Waals surface area contributed by atoms with Gasteiger partial charge in [-0.3, -0.25) is 0 Å². The Morgan fingerprint density at radius 3 is 2.82 bits per heavy atom. The molecule has 0 aliphatic heterocycles.